The Bertz CT molecular complexity index is 402. The van der Waals surface area contributed by atoms with Gasteiger partial charge in [-0.15, -0.1) is 0 Å². The van der Waals surface area contributed by atoms with Gasteiger partial charge in [0.2, 0.25) is 0 Å². The second kappa shape index (κ2) is 5.37. The molecule has 0 bridgehead atoms. The molecule has 0 aromatic heterocycles. The molecule has 15 heavy (non-hydrogen) atoms. The fourth-order valence-electron chi connectivity index (χ4n) is 1.04. The van der Waals surface area contributed by atoms with Gasteiger partial charge in [-0.1, -0.05) is 35.9 Å². The zero-order valence-electron chi connectivity index (χ0n) is 8.27. The Balaban J connectivity index is 2.73. The molecule has 2 nitrogen and oxygen atoms in total. The summed E-state index contributed by atoms with van der Waals surface area (Å²) in [6, 6.07) is 7.31. The van der Waals surface area contributed by atoms with Crippen molar-refractivity contribution in [3.63, 3.8) is 0 Å². The average molecular weight is 223 g/mol. The molecule has 0 saturated carbocycles. The van der Waals surface area contributed by atoms with E-state index in [0.717, 1.165) is 11.6 Å². The van der Waals surface area contributed by atoms with Crippen LogP contribution in [-0.2, 0) is 4.79 Å². The van der Waals surface area contributed by atoms with Gasteiger partial charge in [0.1, 0.15) is 0 Å². The molecule has 1 N–H and O–H groups in total. The average Bonchev–Trinajstić information content (AvgIpc) is 2.16. The van der Waals surface area contributed by atoms with Crippen molar-refractivity contribution in [2.45, 2.75) is 6.92 Å². The van der Waals surface area contributed by atoms with Crippen LogP contribution in [0.3, 0.4) is 0 Å². The highest BCUT2D eigenvalue weighted by atomic mass is 35.5. The number of aliphatic carboxylic acids is 1. The number of rotatable bonds is 3. The first-order valence-electron chi connectivity index (χ1n) is 4.43. The summed E-state index contributed by atoms with van der Waals surface area (Å²) < 4.78 is 0. The normalized spacial score (nSPS) is 12.0. The van der Waals surface area contributed by atoms with Crippen molar-refractivity contribution in [1.82, 2.24) is 0 Å². The van der Waals surface area contributed by atoms with E-state index < -0.39 is 5.97 Å². The summed E-state index contributed by atoms with van der Waals surface area (Å²) >= 11 is 5.73. The van der Waals surface area contributed by atoms with E-state index in [-0.39, 0.29) is 0 Å². The molecule has 0 aliphatic carbocycles. The van der Waals surface area contributed by atoms with Crippen molar-refractivity contribution in [3.05, 3.63) is 52.6 Å². The second-order valence-corrected chi connectivity index (χ2v) is 3.55. The van der Waals surface area contributed by atoms with Crippen molar-refractivity contribution in [2.75, 3.05) is 0 Å². The molecule has 0 radical (unpaired) electrons. The maximum absolute atomic E-state index is 10.3. The molecule has 0 unspecified atom stereocenters. The fraction of sp³-hybridized carbons (Fsp3) is 0.0833. The van der Waals surface area contributed by atoms with Crippen LogP contribution in [0.5, 0.6) is 0 Å². The van der Waals surface area contributed by atoms with Gasteiger partial charge in [-0.05, 0) is 30.2 Å². The summed E-state index contributed by atoms with van der Waals surface area (Å²) in [4.78, 5) is 10.3. The molecule has 0 heterocycles. The molecule has 0 fully saturated rings. The number of carboxylic acid groups (broad SMARTS) is 1. The van der Waals surface area contributed by atoms with E-state index in [1.54, 1.807) is 25.1 Å². The Labute approximate surface area is 93.5 Å². The quantitative estimate of drug-likeness (QED) is 0.629. The summed E-state index contributed by atoms with van der Waals surface area (Å²) in [7, 11) is 0. The third-order valence-corrected chi connectivity index (χ3v) is 2.01. The summed E-state index contributed by atoms with van der Waals surface area (Å²) in [6.45, 7) is 1.74. The zero-order chi connectivity index (χ0) is 11.3. The minimum atomic E-state index is -0.937. The van der Waals surface area contributed by atoms with Crippen LogP contribution in [0.15, 0.2) is 42.0 Å². The minimum Gasteiger partial charge on any atom is -0.478 e. The van der Waals surface area contributed by atoms with E-state index in [4.69, 9.17) is 16.7 Å². The van der Waals surface area contributed by atoms with Gasteiger partial charge in [0.15, 0.2) is 0 Å². The van der Waals surface area contributed by atoms with Crippen LogP contribution >= 0.6 is 11.6 Å². The third kappa shape index (κ3) is 4.47. The summed E-state index contributed by atoms with van der Waals surface area (Å²) in [6.07, 6.45) is 4.74. The molecule has 1 aromatic rings. The highest BCUT2D eigenvalue weighted by molar-refractivity contribution is 6.30. The maximum Gasteiger partial charge on any atom is 0.328 e. The van der Waals surface area contributed by atoms with Crippen LogP contribution in [-0.4, -0.2) is 11.1 Å². The van der Waals surface area contributed by atoms with Gasteiger partial charge < -0.3 is 5.11 Å². The first-order chi connectivity index (χ1) is 7.08. The monoisotopic (exact) mass is 222 g/mol. The molecular weight excluding hydrogens is 212 g/mol. The first kappa shape index (κ1) is 11.5. The van der Waals surface area contributed by atoms with Gasteiger partial charge in [0.05, 0.1) is 0 Å². The van der Waals surface area contributed by atoms with Crippen LogP contribution in [0.2, 0.25) is 5.02 Å². The molecule has 0 amide bonds. The van der Waals surface area contributed by atoms with E-state index in [2.05, 4.69) is 0 Å². The van der Waals surface area contributed by atoms with Gasteiger partial charge in [-0.2, -0.15) is 0 Å². The Morgan fingerprint density at radius 1 is 1.33 bits per heavy atom. The predicted molar refractivity (Wildman–Crippen MR) is 61.9 cm³/mol. The van der Waals surface area contributed by atoms with E-state index in [9.17, 15) is 4.79 Å². The lowest BCUT2D eigenvalue weighted by molar-refractivity contribution is -0.131. The standard InChI is InChI=1S/C12H11ClO2/c1-9(8-12(14)15)2-3-10-4-6-11(13)7-5-10/h2-8H,1H3,(H,14,15)/b3-2+,9-8+. The molecule has 0 saturated heterocycles. The van der Waals surface area contributed by atoms with Crippen LogP contribution in [0.25, 0.3) is 6.08 Å². The smallest absolute Gasteiger partial charge is 0.328 e. The Hall–Kier alpha value is -1.54. The third-order valence-electron chi connectivity index (χ3n) is 1.76. The van der Waals surface area contributed by atoms with Crippen LogP contribution < -0.4 is 0 Å². The number of carboxylic acids is 1. The lowest BCUT2D eigenvalue weighted by Crippen LogP contribution is -1.87. The number of halogens is 1. The summed E-state index contributed by atoms with van der Waals surface area (Å²) in [5.41, 5.74) is 1.68. The zero-order valence-corrected chi connectivity index (χ0v) is 9.03. The molecule has 78 valence electrons. The summed E-state index contributed by atoms with van der Waals surface area (Å²) in [5.74, 6) is -0.937. The van der Waals surface area contributed by atoms with Crippen molar-refractivity contribution >= 4 is 23.6 Å². The van der Waals surface area contributed by atoms with Crippen molar-refractivity contribution in [1.29, 1.82) is 0 Å². The number of hydrogen-bond acceptors (Lipinski definition) is 1. The molecular formula is C12H11ClO2. The lowest BCUT2D eigenvalue weighted by Gasteiger charge is -1.93. The molecule has 0 spiro atoms. The number of benzene rings is 1. The van der Waals surface area contributed by atoms with Crippen LogP contribution in [0.1, 0.15) is 12.5 Å². The largest absolute Gasteiger partial charge is 0.478 e. The maximum atomic E-state index is 10.3. The molecule has 0 aliphatic heterocycles. The van der Waals surface area contributed by atoms with Crippen molar-refractivity contribution < 1.29 is 9.90 Å². The van der Waals surface area contributed by atoms with Gasteiger partial charge in [-0.3, -0.25) is 0 Å². The van der Waals surface area contributed by atoms with Crippen LogP contribution in [0.4, 0.5) is 0 Å². The predicted octanol–water partition coefficient (Wildman–Crippen LogP) is 3.38. The Kier molecular flexibility index (Phi) is 4.13. The summed E-state index contributed by atoms with van der Waals surface area (Å²) in [5, 5.41) is 9.17. The highest BCUT2D eigenvalue weighted by Gasteiger charge is 1.90. The Morgan fingerprint density at radius 3 is 2.47 bits per heavy atom. The van der Waals surface area contributed by atoms with Gasteiger partial charge in [0, 0.05) is 11.1 Å². The van der Waals surface area contributed by atoms with Crippen molar-refractivity contribution in [2.24, 2.45) is 0 Å². The van der Waals surface area contributed by atoms with Crippen LogP contribution in [0, 0.1) is 0 Å². The molecule has 3 heteroatoms. The Morgan fingerprint density at radius 2 is 1.93 bits per heavy atom. The number of carbonyl (C=O) groups is 1. The second-order valence-electron chi connectivity index (χ2n) is 3.11. The van der Waals surface area contributed by atoms with E-state index >= 15 is 0 Å². The first-order valence-corrected chi connectivity index (χ1v) is 4.80. The van der Waals surface area contributed by atoms with E-state index in [1.807, 2.05) is 18.2 Å². The topological polar surface area (TPSA) is 37.3 Å². The minimum absolute atomic E-state index is 0.685. The molecule has 1 rings (SSSR count). The SMILES string of the molecule is CC(/C=C/c1ccc(Cl)cc1)=C\C(=O)O. The van der Waals surface area contributed by atoms with Gasteiger partial charge in [-0.25, -0.2) is 4.79 Å². The molecule has 0 aliphatic rings. The van der Waals surface area contributed by atoms with E-state index in [0.29, 0.717) is 10.6 Å². The fourth-order valence-corrected chi connectivity index (χ4v) is 1.17. The number of hydrogen-bond donors (Lipinski definition) is 1. The number of allylic oxidation sites excluding steroid dienone is 2. The lowest BCUT2D eigenvalue weighted by atomic mass is 10.1. The van der Waals surface area contributed by atoms with E-state index in [1.165, 1.54) is 0 Å². The molecule has 1 aromatic carbocycles. The van der Waals surface area contributed by atoms with Crippen molar-refractivity contribution in [3.8, 4) is 0 Å². The molecule has 0 atom stereocenters. The van der Waals surface area contributed by atoms with Gasteiger partial charge in [0.25, 0.3) is 0 Å². The highest BCUT2D eigenvalue weighted by Crippen LogP contribution is 2.11. The van der Waals surface area contributed by atoms with Gasteiger partial charge >= 0.3 is 5.97 Å².